The van der Waals surface area contributed by atoms with E-state index >= 15 is 0 Å². The van der Waals surface area contributed by atoms with Crippen molar-refractivity contribution < 1.29 is 19.4 Å². The molecule has 1 N–H and O–H groups in total. The summed E-state index contributed by atoms with van der Waals surface area (Å²) in [4.78, 5) is 11.4. The van der Waals surface area contributed by atoms with Gasteiger partial charge in [-0.05, 0) is 12.8 Å². The third-order valence-corrected chi connectivity index (χ3v) is 4.65. The SMILES string of the molecule is CCCCCCCCCCCCCCCOCC(CO)OC(=O)CCC. The number of esters is 1. The fourth-order valence-electron chi connectivity index (χ4n) is 3.01. The molecule has 0 radical (unpaired) electrons. The number of hydrogen-bond acceptors (Lipinski definition) is 4. The van der Waals surface area contributed by atoms with Crippen LogP contribution < -0.4 is 0 Å². The van der Waals surface area contributed by atoms with E-state index in [0.717, 1.165) is 12.8 Å². The maximum Gasteiger partial charge on any atom is 0.306 e. The second-order valence-electron chi connectivity index (χ2n) is 7.36. The largest absolute Gasteiger partial charge is 0.457 e. The van der Waals surface area contributed by atoms with Gasteiger partial charge in [0.15, 0.2) is 0 Å². The molecule has 0 aromatic rings. The molecule has 26 heavy (non-hydrogen) atoms. The van der Waals surface area contributed by atoms with Crippen molar-refractivity contribution in [1.82, 2.24) is 0 Å². The van der Waals surface area contributed by atoms with Crippen molar-refractivity contribution in [2.45, 2.75) is 116 Å². The van der Waals surface area contributed by atoms with Gasteiger partial charge in [-0.15, -0.1) is 0 Å². The molecule has 1 atom stereocenters. The molecule has 0 aliphatic heterocycles. The van der Waals surface area contributed by atoms with Gasteiger partial charge in [-0.3, -0.25) is 4.79 Å². The molecule has 0 aliphatic carbocycles. The molecule has 0 spiro atoms. The van der Waals surface area contributed by atoms with E-state index in [9.17, 15) is 9.90 Å². The lowest BCUT2D eigenvalue weighted by atomic mass is 10.0. The summed E-state index contributed by atoms with van der Waals surface area (Å²) in [6, 6.07) is 0. The summed E-state index contributed by atoms with van der Waals surface area (Å²) < 4.78 is 10.7. The summed E-state index contributed by atoms with van der Waals surface area (Å²) in [5.41, 5.74) is 0. The summed E-state index contributed by atoms with van der Waals surface area (Å²) >= 11 is 0. The van der Waals surface area contributed by atoms with E-state index in [4.69, 9.17) is 9.47 Å². The van der Waals surface area contributed by atoms with Crippen molar-refractivity contribution in [2.75, 3.05) is 19.8 Å². The zero-order valence-corrected chi connectivity index (χ0v) is 17.5. The topological polar surface area (TPSA) is 55.8 Å². The van der Waals surface area contributed by atoms with Gasteiger partial charge in [0, 0.05) is 13.0 Å². The van der Waals surface area contributed by atoms with Gasteiger partial charge in [-0.2, -0.15) is 0 Å². The van der Waals surface area contributed by atoms with Crippen molar-refractivity contribution in [1.29, 1.82) is 0 Å². The first kappa shape index (κ1) is 25.4. The molecule has 0 rings (SSSR count). The molecule has 0 aliphatic rings. The summed E-state index contributed by atoms with van der Waals surface area (Å²) in [7, 11) is 0. The Balaban J connectivity index is 3.26. The highest BCUT2D eigenvalue weighted by Gasteiger charge is 2.12. The Bertz CT molecular complexity index is 294. The molecule has 0 saturated heterocycles. The molecular weight excluding hydrogens is 328 g/mol. The number of carbonyl (C=O) groups excluding carboxylic acids is 1. The molecule has 0 bridgehead atoms. The molecule has 156 valence electrons. The lowest BCUT2D eigenvalue weighted by Gasteiger charge is -2.15. The first-order valence-corrected chi connectivity index (χ1v) is 11.1. The molecule has 0 amide bonds. The molecule has 0 aromatic carbocycles. The van der Waals surface area contributed by atoms with E-state index in [1.54, 1.807) is 0 Å². The average molecular weight is 373 g/mol. The number of unbranched alkanes of at least 4 members (excludes halogenated alkanes) is 12. The Morgan fingerprint density at radius 2 is 1.27 bits per heavy atom. The number of hydrogen-bond donors (Lipinski definition) is 1. The number of aliphatic hydroxyl groups is 1. The zero-order chi connectivity index (χ0) is 19.3. The fraction of sp³-hybridized carbons (Fsp3) is 0.955. The Labute approximate surface area is 162 Å². The lowest BCUT2D eigenvalue weighted by Crippen LogP contribution is -2.27. The highest BCUT2D eigenvalue weighted by molar-refractivity contribution is 5.69. The fourth-order valence-corrected chi connectivity index (χ4v) is 3.01. The van der Waals surface area contributed by atoms with Gasteiger partial charge in [0.2, 0.25) is 0 Å². The van der Waals surface area contributed by atoms with Crippen LogP contribution in [-0.4, -0.2) is 37.0 Å². The highest BCUT2D eigenvalue weighted by atomic mass is 16.6. The second kappa shape index (κ2) is 20.7. The Kier molecular flexibility index (Phi) is 20.2. The normalized spacial score (nSPS) is 12.3. The average Bonchev–Trinajstić information content (AvgIpc) is 2.64. The van der Waals surface area contributed by atoms with E-state index in [1.165, 1.54) is 77.0 Å². The van der Waals surface area contributed by atoms with E-state index in [0.29, 0.717) is 19.6 Å². The van der Waals surface area contributed by atoms with Crippen molar-refractivity contribution in [2.24, 2.45) is 0 Å². The number of aliphatic hydroxyl groups excluding tert-OH is 1. The van der Waals surface area contributed by atoms with Crippen LogP contribution in [0.3, 0.4) is 0 Å². The number of rotatable bonds is 20. The minimum absolute atomic E-state index is 0.173. The van der Waals surface area contributed by atoms with Crippen molar-refractivity contribution >= 4 is 5.97 Å². The van der Waals surface area contributed by atoms with Crippen molar-refractivity contribution in [3.8, 4) is 0 Å². The van der Waals surface area contributed by atoms with Crippen LogP contribution in [0.25, 0.3) is 0 Å². The molecular formula is C22H44O4. The summed E-state index contributed by atoms with van der Waals surface area (Å²) in [5, 5.41) is 9.20. The first-order chi connectivity index (χ1) is 12.7. The molecule has 0 heterocycles. The summed E-state index contributed by atoms with van der Waals surface area (Å²) in [6.07, 6.45) is 18.0. The third kappa shape index (κ3) is 18.2. The molecule has 0 saturated carbocycles. The highest BCUT2D eigenvalue weighted by Crippen LogP contribution is 2.12. The maximum atomic E-state index is 11.4. The predicted octanol–water partition coefficient (Wildman–Crippen LogP) is 5.80. The molecule has 4 nitrogen and oxygen atoms in total. The van der Waals surface area contributed by atoms with Gasteiger partial charge in [0.25, 0.3) is 0 Å². The number of carbonyl (C=O) groups is 1. The second-order valence-corrected chi connectivity index (χ2v) is 7.36. The van der Waals surface area contributed by atoms with Crippen LogP contribution in [0.1, 0.15) is 110 Å². The Morgan fingerprint density at radius 3 is 1.73 bits per heavy atom. The van der Waals surface area contributed by atoms with E-state index in [1.807, 2.05) is 6.92 Å². The van der Waals surface area contributed by atoms with Gasteiger partial charge < -0.3 is 14.6 Å². The summed E-state index contributed by atoms with van der Waals surface area (Å²) in [5.74, 6) is -0.254. The van der Waals surface area contributed by atoms with E-state index < -0.39 is 6.10 Å². The van der Waals surface area contributed by atoms with Gasteiger partial charge in [-0.25, -0.2) is 0 Å². The van der Waals surface area contributed by atoms with Crippen molar-refractivity contribution in [3.05, 3.63) is 0 Å². The summed E-state index contributed by atoms with van der Waals surface area (Å²) in [6.45, 7) is 5.00. The third-order valence-electron chi connectivity index (χ3n) is 4.65. The molecule has 4 heteroatoms. The molecule has 0 fully saturated rings. The van der Waals surface area contributed by atoms with Gasteiger partial charge in [0.1, 0.15) is 6.10 Å². The maximum absolute atomic E-state index is 11.4. The van der Waals surface area contributed by atoms with Crippen LogP contribution in [0.2, 0.25) is 0 Å². The van der Waals surface area contributed by atoms with E-state index in [-0.39, 0.29) is 12.6 Å². The van der Waals surface area contributed by atoms with Crippen LogP contribution in [0.5, 0.6) is 0 Å². The van der Waals surface area contributed by atoms with Crippen LogP contribution in [-0.2, 0) is 14.3 Å². The molecule has 1 unspecified atom stereocenters. The standard InChI is InChI=1S/C22H44O4/c1-3-5-6-7-8-9-10-11-12-13-14-15-16-18-25-20-21(19-23)26-22(24)17-4-2/h21,23H,3-20H2,1-2H3. The zero-order valence-electron chi connectivity index (χ0n) is 17.5. The van der Waals surface area contributed by atoms with E-state index in [2.05, 4.69) is 6.92 Å². The van der Waals surface area contributed by atoms with Crippen LogP contribution in [0.4, 0.5) is 0 Å². The van der Waals surface area contributed by atoms with Crippen LogP contribution >= 0.6 is 0 Å². The number of ether oxygens (including phenoxy) is 2. The van der Waals surface area contributed by atoms with Gasteiger partial charge in [-0.1, -0.05) is 90.9 Å². The van der Waals surface area contributed by atoms with Crippen molar-refractivity contribution in [3.63, 3.8) is 0 Å². The predicted molar refractivity (Wildman–Crippen MR) is 108 cm³/mol. The minimum Gasteiger partial charge on any atom is -0.457 e. The lowest BCUT2D eigenvalue weighted by molar-refractivity contribution is -0.154. The van der Waals surface area contributed by atoms with Gasteiger partial charge >= 0.3 is 5.97 Å². The smallest absolute Gasteiger partial charge is 0.306 e. The van der Waals surface area contributed by atoms with Crippen LogP contribution in [0.15, 0.2) is 0 Å². The molecule has 0 aromatic heterocycles. The Morgan fingerprint density at radius 1 is 0.769 bits per heavy atom. The van der Waals surface area contributed by atoms with Crippen LogP contribution in [0, 0.1) is 0 Å². The van der Waals surface area contributed by atoms with Gasteiger partial charge in [0.05, 0.1) is 13.2 Å². The minimum atomic E-state index is -0.518. The quantitative estimate of drug-likeness (QED) is 0.217. The monoisotopic (exact) mass is 372 g/mol. The Hall–Kier alpha value is -0.610. The first-order valence-electron chi connectivity index (χ1n) is 11.1.